The Labute approximate surface area is 101 Å². The van der Waals surface area contributed by atoms with E-state index in [4.69, 9.17) is 5.73 Å². The average Bonchev–Trinajstić information content (AvgIpc) is 2.21. The van der Waals surface area contributed by atoms with E-state index in [-0.39, 0.29) is 0 Å². The van der Waals surface area contributed by atoms with Crippen LogP contribution in [-0.2, 0) is 14.6 Å². The van der Waals surface area contributed by atoms with Gasteiger partial charge in [-0.1, -0.05) is 6.07 Å². The molecule has 0 radical (unpaired) electrons. The van der Waals surface area contributed by atoms with E-state index in [2.05, 4.69) is 5.32 Å². The largest absolute Gasteiger partial charge is 0.397 e. The number of sulfone groups is 1. The van der Waals surface area contributed by atoms with Crippen molar-refractivity contribution in [2.24, 2.45) is 0 Å². The molecule has 0 aliphatic heterocycles. The lowest BCUT2D eigenvalue weighted by molar-refractivity contribution is -0.115. The molecule has 1 rings (SSSR count). The Balaban J connectivity index is 2.92. The number of benzene rings is 1. The number of nitrogen functional groups attached to an aromatic ring is 1. The van der Waals surface area contributed by atoms with Crippen LogP contribution in [0.4, 0.5) is 11.4 Å². The van der Waals surface area contributed by atoms with Crippen molar-refractivity contribution in [3.63, 3.8) is 0 Å². The Bertz CT molecular complexity index is 538. The highest BCUT2D eigenvalue weighted by atomic mass is 32.2. The Morgan fingerprint density at radius 3 is 2.53 bits per heavy atom. The molecule has 1 aromatic carbocycles. The van der Waals surface area contributed by atoms with Crippen molar-refractivity contribution in [3.05, 3.63) is 23.8 Å². The molecule has 0 aliphatic carbocycles. The van der Waals surface area contributed by atoms with Crippen molar-refractivity contribution in [2.75, 3.05) is 17.3 Å². The van der Waals surface area contributed by atoms with Crippen LogP contribution >= 0.6 is 0 Å². The van der Waals surface area contributed by atoms with Crippen LogP contribution in [0.15, 0.2) is 18.2 Å². The van der Waals surface area contributed by atoms with E-state index >= 15 is 0 Å². The molecule has 0 saturated carbocycles. The minimum absolute atomic E-state index is 0.407. The van der Waals surface area contributed by atoms with Gasteiger partial charge in [-0.2, -0.15) is 0 Å². The van der Waals surface area contributed by atoms with Crippen LogP contribution < -0.4 is 11.1 Å². The quantitative estimate of drug-likeness (QED) is 0.788. The van der Waals surface area contributed by atoms with Crippen molar-refractivity contribution in [3.8, 4) is 0 Å². The van der Waals surface area contributed by atoms with Crippen molar-refractivity contribution in [2.45, 2.75) is 19.1 Å². The van der Waals surface area contributed by atoms with Gasteiger partial charge in [0.15, 0.2) is 9.84 Å². The summed E-state index contributed by atoms with van der Waals surface area (Å²) in [4.78, 5) is 11.7. The van der Waals surface area contributed by atoms with E-state index in [0.29, 0.717) is 11.4 Å². The minimum atomic E-state index is -3.40. The SMILES string of the molecule is Cc1ccc(N)c(NC(=O)C(C)S(C)(=O)=O)c1. The van der Waals surface area contributed by atoms with Crippen molar-refractivity contribution in [1.82, 2.24) is 0 Å². The van der Waals surface area contributed by atoms with Crippen LogP contribution in [0.25, 0.3) is 0 Å². The summed E-state index contributed by atoms with van der Waals surface area (Å²) in [6.07, 6.45) is 1.02. The Hall–Kier alpha value is -1.56. The average molecular weight is 256 g/mol. The molecule has 0 aromatic heterocycles. The fraction of sp³-hybridized carbons (Fsp3) is 0.364. The summed E-state index contributed by atoms with van der Waals surface area (Å²) in [7, 11) is -3.40. The van der Waals surface area contributed by atoms with Gasteiger partial charge in [-0.05, 0) is 31.5 Å². The zero-order valence-electron chi connectivity index (χ0n) is 10.0. The summed E-state index contributed by atoms with van der Waals surface area (Å²) >= 11 is 0. The number of hydrogen-bond donors (Lipinski definition) is 2. The number of rotatable bonds is 3. The van der Waals surface area contributed by atoms with Gasteiger partial charge < -0.3 is 11.1 Å². The topological polar surface area (TPSA) is 89.3 Å². The first kappa shape index (κ1) is 13.5. The van der Waals surface area contributed by atoms with Crippen LogP contribution in [0, 0.1) is 6.92 Å². The summed E-state index contributed by atoms with van der Waals surface area (Å²) in [6.45, 7) is 3.20. The number of nitrogens with one attached hydrogen (secondary N) is 1. The van der Waals surface area contributed by atoms with Gasteiger partial charge >= 0.3 is 0 Å². The van der Waals surface area contributed by atoms with Gasteiger partial charge in [0.25, 0.3) is 0 Å². The highest BCUT2D eigenvalue weighted by Crippen LogP contribution is 2.20. The monoisotopic (exact) mass is 256 g/mol. The summed E-state index contributed by atoms with van der Waals surface area (Å²) in [5.74, 6) is -0.579. The molecule has 5 nitrogen and oxygen atoms in total. The third-order valence-electron chi connectivity index (χ3n) is 2.48. The molecule has 0 heterocycles. The second-order valence-corrected chi connectivity index (χ2v) is 6.42. The standard InChI is InChI=1S/C11H16N2O3S/c1-7-4-5-9(12)10(6-7)13-11(14)8(2)17(3,15)16/h4-6,8H,12H2,1-3H3,(H,13,14). The first-order chi connectivity index (χ1) is 7.71. The number of hydrogen-bond acceptors (Lipinski definition) is 4. The lowest BCUT2D eigenvalue weighted by Gasteiger charge is -2.12. The fourth-order valence-electron chi connectivity index (χ4n) is 1.21. The van der Waals surface area contributed by atoms with Crippen molar-refractivity contribution in [1.29, 1.82) is 0 Å². The maximum absolute atomic E-state index is 11.7. The molecule has 0 fully saturated rings. The van der Waals surface area contributed by atoms with E-state index in [1.165, 1.54) is 6.92 Å². The Morgan fingerprint density at radius 1 is 1.41 bits per heavy atom. The molecule has 1 aromatic rings. The molecule has 1 atom stereocenters. The smallest absolute Gasteiger partial charge is 0.242 e. The van der Waals surface area contributed by atoms with Crippen LogP contribution in [0.2, 0.25) is 0 Å². The van der Waals surface area contributed by atoms with E-state index in [1.807, 2.05) is 13.0 Å². The number of carbonyl (C=O) groups excluding carboxylic acids is 1. The zero-order valence-corrected chi connectivity index (χ0v) is 10.8. The molecular formula is C11H16N2O3S. The molecule has 0 aliphatic rings. The molecule has 94 valence electrons. The molecule has 0 bridgehead atoms. The first-order valence-electron chi connectivity index (χ1n) is 5.07. The van der Waals surface area contributed by atoms with Gasteiger partial charge in [0.1, 0.15) is 5.25 Å². The highest BCUT2D eigenvalue weighted by Gasteiger charge is 2.23. The minimum Gasteiger partial charge on any atom is -0.397 e. The predicted molar refractivity (Wildman–Crippen MR) is 68.5 cm³/mol. The van der Waals surface area contributed by atoms with Crippen molar-refractivity contribution >= 4 is 27.1 Å². The molecule has 3 N–H and O–H groups in total. The molecular weight excluding hydrogens is 240 g/mol. The summed E-state index contributed by atoms with van der Waals surface area (Å²) in [5.41, 5.74) is 7.46. The molecule has 6 heteroatoms. The van der Waals surface area contributed by atoms with E-state index in [1.54, 1.807) is 12.1 Å². The van der Waals surface area contributed by atoms with Gasteiger partial charge in [-0.25, -0.2) is 8.42 Å². The Kier molecular flexibility index (Phi) is 3.77. The zero-order chi connectivity index (χ0) is 13.2. The number of carbonyl (C=O) groups is 1. The molecule has 1 amide bonds. The third-order valence-corrected chi connectivity index (χ3v) is 3.98. The van der Waals surface area contributed by atoms with Crippen LogP contribution in [-0.4, -0.2) is 25.8 Å². The van der Waals surface area contributed by atoms with Gasteiger partial charge in [0, 0.05) is 6.26 Å². The van der Waals surface area contributed by atoms with Gasteiger partial charge in [-0.15, -0.1) is 0 Å². The lowest BCUT2D eigenvalue weighted by atomic mass is 10.2. The summed E-state index contributed by atoms with van der Waals surface area (Å²) < 4.78 is 22.4. The summed E-state index contributed by atoms with van der Waals surface area (Å²) in [5, 5.41) is 1.42. The van der Waals surface area contributed by atoms with E-state index in [0.717, 1.165) is 11.8 Å². The second kappa shape index (κ2) is 4.75. The van der Waals surface area contributed by atoms with Gasteiger partial charge in [0.2, 0.25) is 5.91 Å². The van der Waals surface area contributed by atoms with Crippen LogP contribution in [0.3, 0.4) is 0 Å². The molecule has 17 heavy (non-hydrogen) atoms. The Morgan fingerprint density at radius 2 is 2.00 bits per heavy atom. The van der Waals surface area contributed by atoms with Crippen LogP contribution in [0.1, 0.15) is 12.5 Å². The third kappa shape index (κ3) is 3.45. The number of nitrogens with two attached hydrogens (primary N) is 1. The van der Waals surface area contributed by atoms with Crippen LogP contribution in [0.5, 0.6) is 0 Å². The first-order valence-corrected chi connectivity index (χ1v) is 7.03. The van der Waals surface area contributed by atoms with Gasteiger partial charge in [0.05, 0.1) is 11.4 Å². The lowest BCUT2D eigenvalue weighted by Crippen LogP contribution is -2.32. The molecule has 0 spiro atoms. The molecule has 0 saturated heterocycles. The summed E-state index contributed by atoms with van der Waals surface area (Å²) in [6, 6.07) is 5.17. The number of aryl methyl sites for hydroxylation is 1. The van der Waals surface area contributed by atoms with Gasteiger partial charge in [-0.3, -0.25) is 4.79 Å². The van der Waals surface area contributed by atoms with Crippen molar-refractivity contribution < 1.29 is 13.2 Å². The number of amides is 1. The highest BCUT2D eigenvalue weighted by molar-refractivity contribution is 7.92. The normalized spacial score (nSPS) is 13.1. The maximum Gasteiger partial charge on any atom is 0.242 e. The van der Waals surface area contributed by atoms with E-state index < -0.39 is 21.0 Å². The van der Waals surface area contributed by atoms with E-state index in [9.17, 15) is 13.2 Å². The predicted octanol–water partition coefficient (Wildman–Crippen LogP) is 0.949. The number of anilines is 2. The maximum atomic E-state index is 11.7. The molecule has 1 unspecified atom stereocenters. The second-order valence-electron chi connectivity index (χ2n) is 4.05. The fourth-order valence-corrected chi connectivity index (χ4v) is 1.65.